The number of hydrogen-bond donors (Lipinski definition) is 3. The quantitative estimate of drug-likeness (QED) is 0.490. The van der Waals surface area contributed by atoms with Crippen molar-refractivity contribution in [3.8, 4) is 0 Å². The molecule has 3 heterocycles. The Morgan fingerprint density at radius 1 is 0.974 bits per heavy atom. The second-order valence-corrected chi connectivity index (χ2v) is 12.9. The molecule has 0 radical (unpaired) electrons. The van der Waals surface area contributed by atoms with E-state index in [9.17, 15) is 13.2 Å². The van der Waals surface area contributed by atoms with Crippen LogP contribution in [0.15, 0.2) is 36.4 Å². The monoisotopic (exact) mass is 541 g/mol. The normalized spacial score (nSPS) is 21.3. The summed E-state index contributed by atoms with van der Waals surface area (Å²) in [7, 11) is -3.68. The van der Waals surface area contributed by atoms with Gasteiger partial charge in [-0.3, -0.25) is 9.52 Å². The number of amides is 1. The predicted molar refractivity (Wildman–Crippen MR) is 145 cm³/mol. The molecule has 10 heteroatoms. The fraction of sp³-hybridized carbons (Fsp3) is 0.536. The van der Waals surface area contributed by atoms with E-state index in [2.05, 4.69) is 14.9 Å². The highest BCUT2D eigenvalue weighted by atomic mass is 32.2. The van der Waals surface area contributed by atoms with E-state index >= 15 is 0 Å². The van der Waals surface area contributed by atoms with Crippen molar-refractivity contribution in [3.63, 3.8) is 0 Å². The highest BCUT2D eigenvalue weighted by Gasteiger charge is 2.45. The number of carbonyl (C=O) groups is 1. The lowest BCUT2D eigenvalue weighted by Gasteiger charge is -2.35. The number of nitrogens with one attached hydrogen (secondary N) is 2. The number of anilines is 3. The molecule has 204 valence electrons. The summed E-state index contributed by atoms with van der Waals surface area (Å²) in [5.41, 5.74) is 4.69. The Morgan fingerprint density at radius 2 is 1.71 bits per heavy atom. The van der Waals surface area contributed by atoms with Crippen LogP contribution in [0.2, 0.25) is 0 Å². The lowest BCUT2D eigenvalue weighted by atomic mass is 9.85. The van der Waals surface area contributed by atoms with Gasteiger partial charge in [0.2, 0.25) is 10.0 Å². The first kappa shape index (κ1) is 25.6. The van der Waals surface area contributed by atoms with Crippen LogP contribution in [-0.4, -0.2) is 58.1 Å². The Bertz CT molecular complexity index is 1320. The van der Waals surface area contributed by atoms with Gasteiger partial charge in [0.15, 0.2) is 0 Å². The van der Waals surface area contributed by atoms with Gasteiger partial charge in [-0.05, 0) is 72.6 Å². The van der Waals surface area contributed by atoms with Crippen LogP contribution < -0.4 is 14.9 Å². The van der Waals surface area contributed by atoms with E-state index in [1.807, 2.05) is 18.2 Å². The molecule has 0 atom stereocenters. The first-order valence-electron chi connectivity index (χ1n) is 13.5. The smallest absolute Gasteiger partial charge is 0.257 e. The number of carbonyl (C=O) groups excluding carboxylic acids is 1. The summed E-state index contributed by atoms with van der Waals surface area (Å²) in [6.07, 6.45) is 6.28. The predicted octanol–water partition coefficient (Wildman–Crippen LogP) is 3.59. The lowest BCUT2D eigenvalue weighted by Crippen LogP contribution is -2.36. The Balaban J connectivity index is 1.27. The van der Waals surface area contributed by atoms with Crippen molar-refractivity contribution < 1.29 is 27.8 Å². The average molecular weight is 542 g/mol. The zero-order valence-corrected chi connectivity index (χ0v) is 22.3. The number of sulfonamides is 1. The molecular formula is C28H35N3O6S. The van der Waals surface area contributed by atoms with Crippen molar-refractivity contribution in [3.05, 3.63) is 53.1 Å². The Morgan fingerprint density at radius 3 is 2.42 bits per heavy atom. The summed E-state index contributed by atoms with van der Waals surface area (Å²) in [6, 6.07) is 11.0. The molecular weight excluding hydrogens is 506 g/mol. The maximum atomic E-state index is 13.6. The van der Waals surface area contributed by atoms with Crippen LogP contribution in [0.25, 0.3) is 0 Å². The highest BCUT2D eigenvalue weighted by molar-refractivity contribution is 7.92. The van der Waals surface area contributed by atoms with Gasteiger partial charge in [0.25, 0.3) is 5.91 Å². The highest BCUT2D eigenvalue weighted by Crippen LogP contribution is 2.54. The van der Waals surface area contributed by atoms with Crippen LogP contribution in [0.5, 0.6) is 0 Å². The molecule has 2 aromatic carbocycles. The summed E-state index contributed by atoms with van der Waals surface area (Å²) in [6.45, 7) is 3.08. The van der Waals surface area contributed by atoms with E-state index < -0.39 is 16.6 Å². The third-order valence-corrected chi connectivity index (χ3v) is 9.93. The van der Waals surface area contributed by atoms with Gasteiger partial charge >= 0.3 is 0 Å². The first-order chi connectivity index (χ1) is 18.3. The molecule has 0 aromatic heterocycles. The molecule has 6 rings (SSSR count). The summed E-state index contributed by atoms with van der Waals surface area (Å²) in [4.78, 5) is 15.8. The third kappa shape index (κ3) is 5.02. The molecule has 3 N–H and O–H groups in total. The number of ether oxygens (including phenoxy) is 2. The number of aliphatic hydroxyl groups is 1. The van der Waals surface area contributed by atoms with Gasteiger partial charge in [0.1, 0.15) is 0 Å². The summed E-state index contributed by atoms with van der Waals surface area (Å²) in [5, 5.41) is 12.2. The van der Waals surface area contributed by atoms with Crippen LogP contribution in [0.4, 0.5) is 17.1 Å². The summed E-state index contributed by atoms with van der Waals surface area (Å²) >= 11 is 0. The average Bonchev–Trinajstić information content (AvgIpc) is 3.58. The maximum Gasteiger partial charge on any atom is 0.257 e. The second kappa shape index (κ2) is 9.82. The number of aliphatic hydroxyl groups excluding tert-OH is 1. The number of hydrogen-bond acceptors (Lipinski definition) is 7. The number of rotatable bonds is 7. The molecule has 38 heavy (non-hydrogen) atoms. The largest absolute Gasteiger partial charge is 0.395 e. The van der Waals surface area contributed by atoms with Gasteiger partial charge in [-0.2, -0.15) is 0 Å². The van der Waals surface area contributed by atoms with Gasteiger partial charge in [-0.25, -0.2) is 8.42 Å². The standard InChI is InChI=1S/C28H35N3O6S/c32-13-16-38(34,35)30-22-3-4-23(25(18-22)31-11-7-27(5-6-27)8-12-31)26(33)29-21-2-1-20-19-37-28(24(20)17-21)9-14-36-15-10-28/h1-4,17-18,30,32H,5-16,19H2,(H,29,33). The molecule has 1 aliphatic carbocycles. The first-order valence-corrected chi connectivity index (χ1v) is 15.1. The van der Waals surface area contributed by atoms with Crippen LogP contribution in [-0.2, 0) is 31.7 Å². The molecule has 4 aliphatic rings. The molecule has 3 aliphatic heterocycles. The van der Waals surface area contributed by atoms with Gasteiger partial charge < -0.3 is 24.8 Å². The Kier molecular flexibility index (Phi) is 6.62. The van der Waals surface area contributed by atoms with E-state index in [0.717, 1.165) is 49.9 Å². The second-order valence-electron chi connectivity index (χ2n) is 11.1. The van der Waals surface area contributed by atoms with E-state index in [0.29, 0.717) is 47.9 Å². The number of fused-ring (bicyclic) bond motifs is 2. The minimum atomic E-state index is -3.68. The Hall–Kier alpha value is -2.66. The molecule has 9 nitrogen and oxygen atoms in total. The zero-order chi connectivity index (χ0) is 26.4. The Labute approximate surface area is 223 Å². The van der Waals surface area contributed by atoms with Crippen molar-refractivity contribution in [2.75, 3.05) is 53.6 Å². The van der Waals surface area contributed by atoms with E-state index in [1.165, 1.54) is 12.8 Å². The molecule has 2 spiro atoms. The molecule has 0 bridgehead atoms. The van der Waals surface area contributed by atoms with Crippen molar-refractivity contribution >= 4 is 33.0 Å². The van der Waals surface area contributed by atoms with E-state index in [-0.39, 0.29) is 17.3 Å². The van der Waals surface area contributed by atoms with Crippen LogP contribution >= 0.6 is 0 Å². The minimum Gasteiger partial charge on any atom is -0.395 e. The topological polar surface area (TPSA) is 117 Å². The van der Waals surface area contributed by atoms with E-state index in [4.69, 9.17) is 14.6 Å². The van der Waals surface area contributed by atoms with Crippen molar-refractivity contribution in [1.82, 2.24) is 0 Å². The fourth-order valence-corrected chi connectivity index (χ4v) is 6.94. The number of nitrogens with zero attached hydrogens (tertiary/aromatic N) is 1. The van der Waals surface area contributed by atoms with Gasteiger partial charge in [-0.1, -0.05) is 6.07 Å². The molecule has 3 fully saturated rings. The van der Waals surface area contributed by atoms with Crippen molar-refractivity contribution in [1.29, 1.82) is 0 Å². The fourth-order valence-electron chi connectivity index (χ4n) is 6.11. The maximum absolute atomic E-state index is 13.6. The number of piperidine rings is 1. The van der Waals surface area contributed by atoms with Gasteiger partial charge in [-0.15, -0.1) is 0 Å². The lowest BCUT2D eigenvalue weighted by molar-refractivity contribution is -0.107. The minimum absolute atomic E-state index is 0.239. The van der Waals surface area contributed by atoms with Crippen LogP contribution in [0.3, 0.4) is 0 Å². The van der Waals surface area contributed by atoms with Gasteiger partial charge in [0, 0.05) is 44.8 Å². The summed E-state index contributed by atoms with van der Waals surface area (Å²) in [5.74, 6) is -0.622. The molecule has 1 amide bonds. The SMILES string of the molecule is O=C(Nc1ccc2c(c1)C1(CCOCC1)OC2)c1ccc(NS(=O)(=O)CCO)cc1N1CCC2(CC1)CC2. The molecule has 1 saturated carbocycles. The molecule has 2 saturated heterocycles. The summed E-state index contributed by atoms with van der Waals surface area (Å²) < 4.78 is 38.9. The third-order valence-electron chi connectivity index (χ3n) is 8.66. The molecule has 2 aromatic rings. The van der Waals surface area contributed by atoms with Crippen molar-refractivity contribution in [2.45, 2.75) is 50.7 Å². The van der Waals surface area contributed by atoms with Gasteiger partial charge in [0.05, 0.1) is 41.5 Å². The van der Waals surface area contributed by atoms with Crippen LogP contribution in [0, 0.1) is 5.41 Å². The van der Waals surface area contributed by atoms with Crippen LogP contribution in [0.1, 0.15) is 60.0 Å². The van der Waals surface area contributed by atoms with E-state index in [1.54, 1.807) is 18.2 Å². The zero-order valence-electron chi connectivity index (χ0n) is 21.5. The number of benzene rings is 2. The van der Waals surface area contributed by atoms with Crippen molar-refractivity contribution in [2.24, 2.45) is 5.41 Å². The molecule has 0 unspecified atom stereocenters.